The van der Waals surface area contributed by atoms with Crippen LogP contribution < -0.4 is 5.32 Å². The molecule has 2 aliphatic rings. The predicted molar refractivity (Wildman–Crippen MR) is 130 cm³/mol. The third-order valence-corrected chi connectivity index (χ3v) is 7.14. The van der Waals surface area contributed by atoms with Gasteiger partial charge in [-0.3, -0.25) is 4.79 Å². The number of hydrogen-bond donors (Lipinski definition) is 2. The van der Waals surface area contributed by atoms with Crippen molar-refractivity contribution in [1.29, 1.82) is 0 Å². The fraction of sp³-hybridized carbons (Fsp3) is 0.407. The van der Waals surface area contributed by atoms with Crippen molar-refractivity contribution in [2.24, 2.45) is 5.92 Å². The molecule has 2 aromatic carbocycles. The molecule has 1 unspecified atom stereocenters. The number of rotatable bonds is 5. The number of benzene rings is 2. The van der Waals surface area contributed by atoms with Crippen molar-refractivity contribution in [3.05, 3.63) is 71.5 Å². The number of carboxylic acids is 1. The minimum Gasteiger partial charge on any atom is -0.481 e. The molecule has 0 radical (unpaired) electrons. The number of alkyl carbamates (subject to hydrolysis) is 1. The molecule has 8 nitrogen and oxygen atoms in total. The van der Waals surface area contributed by atoms with Crippen LogP contribution in [-0.2, 0) is 14.9 Å². The zero-order valence-corrected chi connectivity index (χ0v) is 20.1. The van der Waals surface area contributed by atoms with Gasteiger partial charge in [0.25, 0.3) is 0 Å². The van der Waals surface area contributed by atoms with Crippen molar-refractivity contribution >= 4 is 12.1 Å². The molecule has 182 valence electrons. The second-order valence-electron chi connectivity index (χ2n) is 10.5. The van der Waals surface area contributed by atoms with Gasteiger partial charge >= 0.3 is 12.1 Å². The molecule has 1 heterocycles. The van der Waals surface area contributed by atoms with E-state index in [1.165, 1.54) is 0 Å². The predicted octanol–water partition coefficient (Wildman–Crippen LogP) is 4.52. The minimum atomic E-state index is -0.872. The largest absolute Gasteiger partial charge is 0.481 e. The van der Waals surface area contributed by atoms with Gasteiger partial charge in [0.15, 0.2) is 0 Å². The summed E-state index contributed by atoms with van der Waals surface area (Å²) < 4.78 is 7.39. The van der Waals surface area contributed by atoms with Gasteiger partial charge in [-0.25, -0.2) is 9.48 Å². The molecule has 1 aromatic heterocycles. The molecule has 1 amide bonds. The SMILES string of the molecule is CC(C)(C)c1cn([C@H]2CC(C(=O)O)C[C@H]2NC(=O)OCC2c3ccccc3-c3ccccc32)nn1. The Balaban J connectivity index is 1.30. The third kappa shape index (κ3) is 4.40. The van der Waals surface area contributed by atoms with E-state index in [-0.39, 0.29) is 24.0 Å². The molecule has 5 rings (SSSR count). The number of carboxylic acid groups (broad SMARTS) is 1. The Morgan fingerprint density at radius 2 is 1.69 bits per heavy atom. The summed E-state index contributed by atoms with van der Waals surface area (Å²) in [5.74, 6) is -1.48. The Bertz CT molecular complexity index is 1220. The van der Waals surface area contributed by atoms with Gasteiger partial charge in [0, 0.05) is 17.5 Å². The van der Waals surface area contributed by atoms with Gasteiger partial charge in [-0.1, -0.05) is 74.5 Å². The van der Waals surface area contributed by atoms with Crippen LogP contribution in [0.4, 0.5) is 4.79 Å². The van der Waals surface area contributed by atoms with E-state index in [1.54, 1.807) is 4.68 Å². The summed E-state index contributed by atoms with van der Waals surface area (Å²) in [4.78, 5) is 24.6. The van der Waals surface area contributed by atoms with Gasteiger partial charge in [-0.2, -0.15) is 0 Å². The van der Waals surface area contributed by atoms with Crippen LogP contribution in [0.25, 0.3) is 11.1 Å². The first-order valence-corrected chi connectivity index (χ1v) is 12.0. The molecule has 0 saturated heterocycles. The Morgan fingerprint density at radius 3 is 2.26 bits per heavy atom. The Labute approximate surface area is 204 Å². The maximum absolute atomic E-state index is 12.9. The first-order valence-electron chi connectivity index (χ1n) is 12.0. The molecule has 0 spiro atoms. The van der Waals surface area contributed by atoms with Crippen LogP contribution in [0.15, 0.2) is 54.7 Å². The number of ether oxygens (including phenoxy) is 1. The molecule has 3 atom stereocenters. The number of hydrogen-bond acceptors (Lipinski definition) is 5. The molecular weight excluding hydrogens is 444 g/mol. The topological polar surface area (TPSA) is 106 Å². The van der Waals surface area contributed by atoms with Gasteiger partial charge in [0.2, 0.25) is 0 Å². The lowest BCUT2D eigenvalue weighted by molar-refractivity contribution is -0.141. The molecule has 1 saturated carbocycles. The van der Waals surface area contributed by atoms with Crippen LogP contribution >= 0.6 is 0 Å². The summed E-state index contributed by atoms with van der Waals surface area (Å²) in [5.41, 5.74) is 5.25. The highest BCUT2D eigenvalue weighted by molar-refractivity contribution is 5.79. The van der Waals surface area contributed by atoms with Crippen LogP contribution in [0, 0.1) is 5.92 Å². The summed E-state index contributed by atoms with van der Waals surface area (Å²) in [6, 6.07) is 15.6. The van der Waals surface area contributed by atoms with E-state index in [0.29, 0.717) is 12.8 Å². The standard InChI is InChI=1S/C27H30N4O4/c1-27(2,3)24-14-31(30-29-24)23-13-16(25(32)33)12-22(23)28-26(34)35-15-21-19-10-6-4-8-17(19)18-9-5-7-11-20(18)21/h4-11,14,16,21-23H,12-13,15H2,1-3H3,(H,28,34)(H,32,33)/t16?,22-,23+/m1/s1. The van der Waals surface area contributed by atoms with Gasteiger partial charge in [0.05, 0.1) is 23.7 Å². The van der Waals surface area contributed by atoms with Gasteiger partial charge < -0.3 is 15.2 Å². The fourth-order valence-electron chi connectivity index (χ4n) is 5.24. The number of amides is 1. The van der Waals surface area contributed by atoms with Crippen molar-refractivity contribution in [1.82, 2.24) is 20.3 Å². The average Bonchev–Trinajstić information content (AvgIpc) is 3.53. The van der Waals surface area contributed by atoms with E-state index in [9.17, 15) is 14.7 Å². The minimum absolute atomic E-state index is 0.0380. The molecule has 35 heavy (non-hydrogen) atoms. The number of fused-ring (bicyclic) bond motifs is 3. The maximum Gasteiger partial charge on any atom is 0.407 e. The number of nitrogens with zero attached hydrogens (tertiary/aromatic N) is 3. The molecule has 0 aliphatic heterocycles. The maximum atomic E-state index is 12.9. The summed E-state index contributed by atoms with van der Waals surface area (Å²) in [7, 11) is 0. The molecule has 1 fully saturated rings. The van der Waals surface area contributed by atoms with E-state index < -0.39 is 24.0 Å². The van der Waals surface area contributed by atoms with Crippen molar-refractivity contribution in [2.45, 2.75) is 57.0 Å². The lowest BCUT2D eigenvalue weighted by atomic mass is 9.93. The van der Waals surface area contributed by atoms with Gasteiger partial charge in [-0.05, 0) is 35.1 Å². The number of carbonyl (C=O) groups excluding carboxylic acids is 1. The summed E-state index contributed by atoms with van der Waals surface area (Å²) in [5, 5.41) is 21.1. The van der Waals surface area contributed by atoms with Crippen molar-refractivity contribution in [3.8, 4) is 11.1 Å². The van der Waals surface area contributed by atoms with Gasteiger partial charge in [0.1, 0.15) is 6.61 Å². The van der Waals surface area contributed by atoms with Crippen LogP contribution in [0.2, 0.25) is 0 Å². The van der Waals surface area contributed by atoms with Crippen molar-refractivity contribution in [2.75, 3.05) is 6.61 Å². The fourth-order valence-corrected chi connectivity index (χ4v) is 5.24. The number of aromatic nitrogens is 3. The Hall–Kier alpha value is -3.68. The third-order valence-electron chi connectivity index (χ3n) is 7.14. The highest BCUT2D eigenvalue weighted by Gasteiger charge is 2.41. The normalized spacial score (nSPS) is 21.4. The van der Waals surface area contributed by atoms with Crippen LogP contribution in [0.1, 0.15) is 62.4 Å². The summed E-state index contributed by atoms with van der Waals surface area (Å²) in [6.07, 6.45) is 1.98. The summed E-state index contributed by atoms with van der Waals surface area (Å²) in [6.45, 7) is 6.34. The first kappa shape index (κ1) is 23.1. The van der Waals surface area contributed by atoms with Crippen LogP contribution in [0.5, 0.6) is 0 Å². The lowest BCUT2D eigenvalue weighted by Crippen LogP contribution is -2.39. The van der Waals surface area contributed by atoms with Crippen LogP contribution in [-0.4, -0.2) is 44.8 Å². The monoisotopic (exact) mass is 474 g/mol. The second kappa shape index (κ2) is 8.83. The highest BCUT2D eigenvalue weighted by Crippen LogP contribution is 2.44. The van der Waals surface area contributed by atoms with E-state index in [4.69, 9.17) is 4.74 Å². The molecule has 0 bridgehead atoms. The van der Waals surface area contributed by atoms with E-state index in [0.717, 1.165) is 27.9 Å². The molecule has 2 aliphatic carbocycles. The quantitative estimate of drug-likeness (QED) is 0.563. The summed E-state index contributed by atoms with van der Waals surface area (Å²) >= 11 is 0. The van der Waals surface area contributed by atoms with E-state index >= 15 is 0 Å². The van der Waals surface area contributed by atoms with E-state index in [2.05, 4.69) is 39.9 Å². The zero-order chi connectivity index (χ0) is 24.7. The average molecular weight is 475 g/mol. The molecular formula is C27H30N4O4. The lowest BCUT2D eigenvalue weighted by Gasteiger charge is -2.21. The Kier molecular flexibility index (Phi) is 5.83. The second-order valence-corrected chi connectivity index (χ2v) is 10.5. The van der Waals surface area contributed by atoms with Crippen LogP contribution in [0.3, 0.4) is 0 Å². The smallest absolute Gasteiger partial charge is 0.407 e. The molecule has 8 heteroatoms. The number of aliphatic carboxylic acids is 1. The van der Waals surface area contributed by atoms with Crippen molar-refractivity contribution < 1.29 is 19.4 Å². The number of carbonyl (C=O) groups is 2. The van der Waals surface area contributed by atoms with E-state index in [1.807, 2.05) is 51.2 Å². The first-order chi connectivity index (χ1) is 16.7. The van der Waals surface area contributed by atoms with Gasteiger partial charge in [-0.15, -0.1) is 5.10 Å². The highest BCUT2D eigenvalue weighted by atomic mass is 16.5. The number of nitrogens with one attached hydrogen (secondary N) is 1. The Morgan fingerprint density at radius 1 is 1.06 bits per heavy atom. The molecule has 3 aromatic rings. The molecule has 2 N–H and O–H groups in total. The zero-order valence-electron chi connectivity index (χ0n) is 20.1. The van der Waals surface area contributed by atoms with Crippen molar-refractivity contribution in [3.63, 3.8) is 0 Å².